The van der Waals surface area contributed by atoms with Crippen LogP contribution in [0.5, 0.6) is 0 Å². The van der Waals surface area contributed by atoms with Gasteiger partial charge in [-0.15, -0.1) is 0 Å². The van der Waals surface area contributed by atoms with Crippen LogP contribution in [0.1, 0.15) is 37.2 Å². The van der Waals surface area contributed by atoms with Crippen LogP contribution in [0, 0.1) is 5.92 Å². The van der Waals surface area contributed by atoms with Crippen LogP contribution in [0.15, 0.2) is 6.20 Å². The van der Waals surface area contributed by atoms with E-state index >= 15 is 0 Å². The number of rotatable bonds is 4. The van der Waals surface area contributed by atoms with Crippen molar-refractivity contribution in [3.8, 4) is 0 Å². The number of nitrogens with two attached hydrogens (primary N) is 1. The van der Waals surface area contributed by atoms with Gasteiger partial charge in [-0.3, -0.25) is 9.48 Å². The van der Waals surface area contributed by atoms with Crippen molar-refractivity contribution >= 4 is 11.6 Å². The maximum Gasteiger partial charge on any atom is 0.276 e. The van der Waals surface area contributed by atoms with Crippen molar-refractivity contribution in [2.75, 3.05) is 12.8 Å². The van der Waals surface area contributed by atoms with Crippen LogP contribution in [0.3, 0.4) is 0 Å². The van der Waals surface area contributed by atoms with Gasteiger partial charge < -0.3 is 10.6 Å². The van der Waals surface area contributed by atoms with E-state index in [1.54, 1.807) is 15.8 Å². The summed E-state index contributed by atoms with van der Waals surface area (Å²) in [7, 11) is 1.83. The zero-order valence-corrected chi connectivity index (χ0v) is 10.7. The molecule has 1 fully saturated rings. The van der Waals surface area contributed by atoms with E-state index in [0.717, 1.165) is 6.54 Å². The highest BCUT2D eigenvalue weighted by atomic mass is 16.2. The van der Waals surface area contributed by atoms with Crippen molar-refractivity contribution in [3.63, 3.8) is 0 Å². The fraction of sp³-hybridized carbons (Fsp3) is 0.667. The minimum atomic E-state index is -0.0749. The second kappa shape index (κ2) is 4.39. The van der Waals surface area contributed by atoms with Gasteiger partial charge in [-0.1, -0.05) is 0 Å². The summed E-state index contributed by atoms with van der Waals surface area (Å²) in [4.78, 5) is 14.0. The molecule has 0 aliphatic heterocycles. The van der Waals surface area contributed by atoms with Crippen LogP contribution in [0.2, 0.25) is 0 Å². The van der Waals surface area contributed by atoms with Crippen molar-refractivity contribution in [2.45, 2.75) is 39.3 Å². The molecule has 17 heavy (non-hydrogen) atoms. The Morgan fingerprint density at radius 3 is 2.82 bits per heavy atom. The number of aromatic nitrogens is 2. The third-order valence-electron chi connectivity index (χ3n) is 3.55. The Morgan fingerprint density at radius 2 is 2.35 bits per heavy atom. The number of amides is 1. The van der Waals surface area contributed by atoms with Gasteiger partial charge in [0.2, 0.25) is 0 Å². The maximum absolute atomic E-state index is 12.2. The fourth-order valence-electron chi connectivity index (χ4n) is 2.01. The van der Waals surface area contributed by atoms with Gasteiger partial charge >= 0.3 is 0 Å². The summed E-state index contributed by atoms with van der Waals surface area (Å²) in [5.74, 6) is 0.576. The molecule has 1 aromatic heterocycles. The molecule has 5 heteroatoms. The summed E-state index contributed by atoms with van der Waals surface area (Å²) in [5.41, 5.74) is 6.66. The molecule has 5 nitrogen and oxygen atoms in total. The highest BCUT2D eigenvalue weighted by Gasteiger charge is 2.33. The smallest absolute Gasteiger partial charge is 0.276 e. The molecule has 0 bridgehead atoms. The molecule has 1 heterocycles. The topological polar surface area (TPSA) is 64.2 Å². The van der Waals surface area contributed by atoms with Crippen LogP contribution >= 0.6 is 0 Å². The quantitative estimate of drug-likeness (QED) is 0.858. The molecule has 2 N–H and O–H groups in total. The molecular weight excluding hydrogens is 216 g/mol. The lowest BCUT2D eigenvalue weighted by Gasteiger charge is -2.24. The first-order valence-electron chi connectivity index (χ1n) is 6.14. The normalized spacial score (nSPS) is 16.9. The summed E-state index contributed by atoms with van der Waals surface area (Å²) in [6, 6.07) is 0.272. The van der Waals surface area contributed by atoms with Crippen molar-refractivity contribution in [3.05, 3.63) is 11.9 Å². The van der Waals surface area contributed by atoms with Crippen LogP contribution in [-0.4, -0.2) is 33.7 Å². The summed E-state index contributed by atoms with van der Waals surface area (Å²) < 4.78 is 1.69. The number of nitrogens with zero attached hydrogens (tertiary/aromatic N) is 3. The summed E-state index contributed by atoms with van der Waals surface area (Å²) in [5, 5.41) is 4.21. The Kier molecular flexibility index (Phi) is 3.09. The molecule has 94 valence electrons. The lowest BCUT2D eigenvalue weighted by Crippen LogP contribution is -2.37. The summed E-state index contributed by atoms with van der Waals surface area (Å²) in [6.07, 6.45) is 4.15. The number of hydrogen-bond donors (Lipinski definition) is 1. The third-order valence-corrected chi connectivity index (χ3v) is 3.55. The van der Waals surface area contributed by atoms with Crippen molar-refractivity contribution < 1.29 is 4.79 Å². The number of carbonyl (C=O) groups is 1. The number of anilines is 1. The molecule has 1 aromatic rings. The van der Waals surface area contributed by atoms with E-state index in [1.165, 1.54) is 12.8 Å². The number of carbonyl (C=O) groups excluding carboxylic acids is 1. The predicted molar refractivity (Wildman–Crippen MR) is 66.6 cm³/mol. The van der Waals surface area contributed by atoms with Gasteiger partial charge in [-0.05, 0) is 32.6 Å². The Hall–Kier alpha value is -1.52. The molecular formula is C12H20N4O. The first-order valence-corrected chi connectivity index (χ1v) is 6.14. The third kappa shape index (κ3) is 2.28. The molecule has 0 aromatic carbocycles. The fourth-order valence-corrected chi connectivity index (χ4v) is 2.01. The van der Waals surface area contributed by atoms with Crippen LogP contribution < -0.4 is 5.73 Å². The Labute approximate surface area is 102 Å². The second-order valence-corrected chi connectivity index (χ2v) is 4.78. The zero-order valence-electron chi connectivity index (χ0n) is 10.7. The summed E-state index contributed by atoms with van der Waals surface area (Å²) in [6.45, 7) is 4.78. The van der Waals surface area contributed by atoms with Gasteiger partial charge in [-0.25, -0.2) is 0 Å². The summed E-state index contributed by atoms with van der Waals surface area (Å²) >= 11 is 0. The molecule has 0 saturated heterocycles. The van der Waals surface area contributed by atoms with E-state index in [2.05, 4.69) is 12.0 Å². The first kappa shape index (κ1) is 12.0. The first-order chi connectivity index (χ1) is 8.04. The van der Waals surface area contributed by atoms with E-state index in [-0.39, 0.29) is 11.9 Å². The minimum Gasteiger partial charge on any atom is -0.396 e. The van der Waals surface area contributed by atoms with E-state index in [4.69, 9.17) is 5.73 Å². The molecule has 1 aliphatic carbocycles. The Balaban J connectivity index is 2.14. The number of aryl methyl sites for hydroxylation is 1. The minimum absolute atomic E-state index is 0.0749. The van der Waals surface area contributed by atoms with Crippen molar-refractivity contribution in [1.82, 2.24) is 14.7 Å². The van der Waals surface area contributed by atoms with E-state index in [1.807, 2.05) is 14.0 Å². The molecule has 1 amide bonds. The van der Waals surface area contributed by atoms with Crippen LogP contribution in [-0.2, 0) is 6.54 Å². The standard InChI is InChI=1S/C12H20N4O/c1-4-16-7-10(13)11(14-16)12(17)15(3)8(2)9-5-6-9/h7-9H,4-6,13H2,1-3H3. The molecule has 1 aliphatic rings. The molecule has 1 atom stereocenters. The van der Waals surface area contributed by atoms with Gasteiger partial charge in [0.1, 0.15) is 0 Å². The van der Waals surface area contributed by atoms with Gasteiger partial charge in [0.05, 0.1) is 5.69 Å². The average Bonchev–Trinajstić information content (AvgIpc) is 3.10. The lowest BCUT2D eigenvalue weighted by molar-refractivity contribution is 0.0721. The van der Waals surface area contributed by atoms with Gasteiger partial charge in [-0.2, -0.15) is 5.10 Å². The van der Waals surface area contributed by atoms with E-state index < -0.39 is 0 Å². The van der Waals surface area contributed by atoms with Gasteiger partial charge in [0.15, 0.2) is 5.69 Å². The zero-order chi connectivity index (χ0) is 12.6. The molecule has 2 rings (SSSR count). The highest BCUT2D eigenvalue weighted by molar-refractivity contribution is 5.97. The molecule has 0 radical (unpaired) electrons. The van der Waals surface area contributed by atoms with E-state index in [9.17, 15) is 4.79 Å². The van der Waals surface area contributed by atoms with E-state index in [0.29, 0.717) is 17.3 Å². The molecule has 1 unspecified atom stereocenters. The maximum atomic E-state index is 12.2. The average molecular weight is 236 g/mol. The Bertz CT molecular complexity index is 422. The monoisotopic (exact) mass is 236 g/mol. The number of hydrogen-bond acceptors (Lipinski definition) is 3. The Morgan fingerprint density at radius 1 is 1.71 bits per heavy atom. The molecule has 1 saturated carbocycles. The van der Waals surface area contributed by atoms with Gasteiger partial charge in [0.25, 0.3) is 5.91 Å². The largest absolute Gasteiger partial charge is 0.396 e. The SMILES string of the molecule is CCn1cc(N)c(C(=O)N(C)C(C)C2CC2)n1. The van der Waals surface area contributed by atoms with Gasteiger partial charge in [0, 0.05) is 25.8 Å². The molecule has 0 spiro atoms. The second-order valence-electron chi connectivity index (χ2n) is 4.78. The van der Waals surface area contributed by atoms with Crippen molar-refractivity contribution in [1.29, 1.82) is 0 Å². The predicted octanol–water partition coefficient (Wildman–Crippen LogP) is 1.36. The van der Waals surface area contributed by atoms with Crippen LogP contribution in [0.25, 0.3) is 0 Å². The highest BCUT2D eigenvalue weighted by Crippen LogP contribution is 2.35. The van der Waals surface area contributed by atoms with Crippen molar-refractivity contribution in [2.24, 2.45) is 5.92 Å². The van der Waals surface area contributed by atoms with Crippen LogP contribution in [0.4, 0.5) is 5.69 Å². The lowest BCUT2D eigenvalue weighted by atomic mass is 10.2. The number of nitrogen functional groups attached to an aromatic ring is 1.